The van der Waals surface area contributed by atoms with Gasteiger partial charge in [0.25, 0.3) is 0 Å². The van der Waals surface area contributed by atoms with E-state index < -0.39 is 27.7 Å². The van der Waals surface area contributed by atoms with Gasteiger partial charge in [-0.05, 0) is 42.8 Å². The molecule has 0 saturated carbocycles. The Kier molecular flexibility index (Phi) is 6.85. The van der Waals surface area contributed by atoms with Crippen LogP contribution in [0.4, 0.5) is 13.2 Å². The second kappa shape index (κ2) is 9.25. The van der Waals surface area contributed by atoms with Gasteiger partial charge in [0.05, 0.1) is 10.5 Å². The number of ketones is 1. The van der Waals surface area contributed by atoms with Crippen molar-refractivity contribution < 1.29 is 31.2 Å². The molecule has 0 aliphatic carbocycles. The van der Waals surface area contributed by atoms with Crippen molar-refractivity contribution in [1.82, 2.24) is 9.21 Å². The van der Waals surface area contributed by atoms with Gasteiger partial charge in [0.15, 0.2) is 5.78 Å². The minimum absolute atomic E-state index is 0.0618. The molecular formula is C22H21F3N2O4S. The molecule has 3 rings (SSSR count). The lowest BCUT2D eigenvalue weighted by atomic mass is 10.1. The molecule has 1 heterocycles. The first kappa shape index (κ1) is 23.7. The van der Waals surface area contributed by atoms with E-state index in [2.05, 4.69) is 0 Å². The van der Waals surface area contributed by atoms with Crippen LogP contribution in [0.5, 0.6) is 0 Å². The molecule has 0 aromatic heterocycles. The van der Waals surface area contributed by atoms with Gasteiger partial charge in [0, 0.05) is 37.8 Å². The third-order valence-electron chi connectivity index (χ3n) is 5.08. The van der Waals surface area contributed by atoms with Crippen LogP contribution in [0.1, 0.15) is 28.4 Å². The first-order chi connectivity index (χ1) is 15.0. The number of halogens is 3. The van der Waals surface area contributed by atoms with Crippen molar-refractivity contribution in [2.75, 3.05) is 26.2 Å². The Morgan fingerprint density at radius 1 is 0.969 bits per heavy atom. The Morgan fingerprint density at radius 2 is 1.59 bits per heavy atom. The Balaban J connectivity index is 1.62. The summed E-state index contributed by atoms with van der Waals surface area (Å²) in [6.07, 6.45) is -1.99. The normalized spacial score (nSPS) is 15.8. The Labute approximate surface area is 184 Å². The minimum Gasteiger partial charge on any atom is -0.337 e. The number of amides is 1. The maximum atomic E-state index is 12.8. The maximum Gasteiger partial charge on any atom is 0.416 e. The molecular weight excluding hydrogens is 445 g/mol. The van der Waals surface area contributed by atoms with Crippen LogP contribution in [-0.2, 0) is 21.0 Å². The van der Waals surface area contributed by atoms with E-state index in [0.29, 0.717) is 5.56 Å². The fourth-order valence-corrected chi connectivity index (χ4v) is 4.67. The molecule has 2 aromatic rings. The van der Waals surface area contributed by atoms with Crippen molar-refractivity contribution >= 4 is 27.8 Å². The smallest absolute Gasteiger partial charge is 0.337 e. The van der Waals surface area contributed by atoms with Crippen LogP contribution in [0.15, 0.2) is 59.5 Å². The summed E-state index contributed by atoms with van der Waals surface area (Å²) in [5.41, 5.74) is -0.155. The van der Waals surface area contributed by atoms with Gasteiger partial charge < -0.3 is 4.90 Å². The van der Waals surface area contributed by atoms with E-state index in [0.717, 1.165) is 12.1 Å². The number of piperazine rings is 1. The fraction of sp³-hybridized carbons (Fsp3) is 0.273. The van der Waals surface area contributed by atoms with E-state index in [1.165, 1.54) is 64.7 Å². The number of hydrogen-bond donors (Lipinski definition) is 0. The quantitative estimate of drug-likeness (QED) is 0.500. The predicted octanol–water partition coefficient (Wildman–Crippen LogP) is 3.45. The van der Waals surface area contributed by atoms with Crippen molar-refractivity contribution in [3.05, 3.63) is 71.3 Å². The van der Waals surface area contributed by atoms with Crippen molar-refractivity contribution in [2.24, 2.45) is 0 Å². The van der Waals surface area contributed by atoms with Gasteiger partial charge in [-0.15, -0.1) is 0 Å². The summed E-state index contributed by atoms with van der Waals surface area (Å²) in [7, 11) is -3.77. The second-order valence-corrected chi connectivity index (χ2v) is 9.20. The zero-order chi connectivity index (χ0) is 23.5. The highest BCUT2D eigenvalue weighted by Crippen LogP contribution is 2.29. The number of carbonyl (C=O) groups is 2. The number of rotatable bonds is 5. The number of Topliss-reactive ketones (excluding diaryl/α,β-unsaturated/α-hetero) is 1. The number of alkyl halides is 3. The molecule has 32 heavy (non-hydrogen) atoms. The topological polar surface area (TPSA) is 74.8 Å². The molecule has 0 spiro atoms. The van der Waals surface area contributed by atoms with Gasteiger partial charge in [-0.3, -0.25) is 9.59 Å². The van der Waals surface area contributed by atoms with Crippen molar-refractivity contribution in [3.8, 4) is 0 Å². The summed E-state index contributed by atoms with van der Waals surface area (Å²) >= 11 is 0. The number of sulfonamides is 1. The summed E-state index contributed by atoms with van der Waals surface area (Å²) in [5, 5.41) is 0. The summed E-state index contributed by atoms with van der Waals surface area (Å²) in [4.78, 5) is 25.3. The van der Waals surface area contributed by atoms with Crippen LogP contribution in [0.2, 0.25) is 0 Å². The largest absolute Gasteiger partial charge is 0.416 e. The van der Waals surface area contributed by atoms with Crippen molar-refractivity contribution in [1.29, 1.82) is 0 Å². The highest BCUT2D eigenvalue weighted by molar-refractivity contribution is 7.89. The average molecular weight is 466 g/mol. The third kappa shape index (κ3) is 5.43. The minimum atomic E-state index is -4.47. The molecule has 6 nitrogen and oxygen atoms in total. The van der Waals surface area contributed by atoms with Gasteiger partial charge in [-0.1, -0.05) is 24.3 Å². The molecule has 1 amide bonds. The van der Waals surface area contributed by atoms with Crippen LogP contribution >= 0.6 is 0 Å². The fourth-order valence-electron chi connectivity index (χ4n) is 3.25. The van der Waals surface area contributed by atoms with Gasteiger partial charge in [0.2, 0.25) is 15.9 Å². The number of hydrogen-bond acceptors (Lipinski definition) is 4. The summed E-state index contributed by atoms with van der Waals surface area (Å²) in [5.74, 6) is -0.579. The molecule has 170 valence electrons. The summed E-state index contributed by atoms with van der Waals surface area (Å²) < 4.78 is 65.3. The van der Waals surface area contributed by atoms with Crippen LogP contribution in [0.25, 0.3) is 6.08 Å². The van der Waals surface area contributed by atoms with E-state index in [1.54, 1.807) is 0 Å². The molecule has 0 unspecified atom stereocenters. The molecule has 1 aliphatic heterocycles. The SMILES string of the molecule is CC(=O)c1ccc(S(=O)(=O)N2CCN(C(=O)C=Cc3cccc(C(F)(F)F)c3)CC2)cc1. The zero-order valence-electron chi connectivity index (χ0n) is 17.2. The summed E-state index contributed by atoms with van der Waals surface area (Å²) in [6, 6.07) is 10.3. The monoisotopic (exact) mass is 466 g/mol. The van der Waals surface area contributed by atoms with Gasteiger partial charge in [-0.2, -0.15) is 17.5 Å². The van der Waals surface area contributed by atoms with Crippen LogP contribution < -0.4 is 0 Å². The lowest BCUT2D eigenvalue weighted by Crippen LogP contribution is -2.50. The first-order valence-electron chi connectivity index (χ1n) is 9.74. The Morgan fingerprint density at radius 3 is 2.16 bits per heavy atom. The van der Waals surface area contributed by atoms with E-state index in [1.807, 2.05) is 0 Å². The Bertz CT molecular complexity index is 1130. The number of benzene rings is 2. The van der Waals surface area contributed by atoms with Crippen molar-refractivity contribution in [2.45, 2.75) is 18.0 Å². The molecule has 1 saturated heterocycles. The maximum absolute atomic E-state index is 12.8. The highest BCUT2D eigenvalue weighted by Gasteiger charge is 2.31. The molecule has 0 radical (unpaired) electrons. The zero-order valence-corrected chi connectivity index (χ0v) is 18.0. The Hall–Kier alpha value is -2.98. The standard InChI is InChI=1S/C22H21F3N2O4S/c1-16(28)18-6-8-20(9-7-18)32(30,31)27-13-11-26(12-14-27)21(29)10-5-17-3-2-4-19(15-17)22(23,24)25/h2-10,15H,11-14H2,1H3. The van der Waals surface area contributed by atoms with E-state index in [4.69, 9.17) is 0 Å². The van der Waals surface area contributed by atoms with Crippen molar-refractivity contribution in [3.63, 3.8) is 0 Å². The van der Waals surface area contributed by atoms with Crippen LogP contribution in [0, 0.1) is 0 Å². The molecule has 1 aliphatic rings. The third-order valence-corrected chi connectivity index (χ3v) is 6.99. The van der Waals surface area contributed by atoms with E-state index >= 15 is 0 Å². The van der Waals surface area contributed by atoms with Crippen LogP contribution in [-0.4, -0.2) is 55.5 Å². The molecule has 0 bridgehead atoms. The first-order valence-corrected chi connectivity index (χ1v) is 11.2. The van der Waals surface area contributed by atoms with E-state index in [-0.39, 0.29) is 42.4 Å². The molecule has 1 fully saturated rings. The lowest BCUT2D eigenvalue weighted by Gasteiger charge is -2.33. The highest BCUT2D eigenvalue weighted by atomic mass is 32.2. The molecule has 0 atom stereocenters. The second-order valence-electron chi connectivity index (χ2n) is 7.27. The van der Waals surface area contributed by atoms with Crippen LogP contribution in [0.3, 0.4) is 0 Å². The number of carbonyl (C=O) groups excluding carboxylic acids is 2. The van der Waals surface area contributed by atoms with Gasteiger partial charge in [-0.25, -0.2) is 8.42 Å². The molecule has 0 N–H and O–H groups in total. The summed E-state index contributed by atoms with van der Waals surface area (Å²) in [6.45, 7) is 1.86. The van der Waals surface area contributed by atoms with Gasteiger partial charge >= 0.3 is 6.18 Å². The average Bonchev–Trinajstić information content (AvgIpc) is 2.77. The molecule has 10 heteroatoms. The molecule has 2 aromatic carbocycles. The predicted molar refractivity (Wildman–Crippen MR) is 112 cm³/mol. The van der Waals surface area contributed by atoms with Gasteiger partial charge in [0.1, 0.15) is 0 Å². The lowest BCUT2D eigenvalue weighted by molar-refractivity contribution is -0.137. The van der Waals surface area contributed by atoms with E-state index in [9.17, 15) is 31.2 Å². The number of nitrogens with zero attached hydrogens (tertiary/aromatic N) is 2.